The summed E-state index contributed by atoms with van der Waals surface area (Å²) in [4.78, 5) is 11.3. The van der Waals surface area contributed by atoms with Crippen molar-refractivity contribution in [1.29, 1.82) is 0 Å². The number of imidazole rings is 1. The van der Waals surface area contributed by atoms with E-state index in [-0.39, 0.29) is 0 Å². The number of hydrogen-bond acceptors (Lipinski definition) is 3. The van der Waals surface area contributed by atoms with Crippen LogP contribution in [0.25, 0.3) is 11.0 Å². The summed E-state index contributed by atoms with van der Waals surface area (Å²) in [5.74, 6) is 2.58. The number of aromatic nitrogens is 3. The molecule has 3 rings (SSSR count). The number of H-pyrrole nitrogens is 1. The van der Waals surface area contributed by atoms with Crippen LogP contribution in [0.4, 0.5) is 0 Å². The predicted molar refractivity (Wildman–Crippen MR) is 71.5 cm³/mol. The standard InChI is InChI=1S/C9H10N2.C5H7NO/c1-6-3-4-8-9(5-6)11-7(2)10-8;1-4-3-6-5(2)7-4/h3-5H,1-2H3,(H,10,11);3H,1-2H3. The van der Waals surface area contributed by atoms with Gasteiger partial charge >= 0.3 is 0 Å². The molecule has 94 valence electrons. The van der Waals surface area contributed by atoms with Crippen molar-refractivity contribution in [3.05, 3.63) is 47.4 Å². The van der Waals surface area contributed by atoms with Crippen LogP contribution >= 0.6 is 0 Å². The van der Waals surface area contributed by atoms with Crippen LogP contribution in [-0.4, -0.2) is 15.0 Å². The normalized spacial score (nSPS) is 10.2. The first-order valence-electron chi connectivity index (χ1n) is 5.86. The maximum atomic E-state index is 4.97. The predicted octanol–water partition coefficient (Wildman–Crippen LogP) is 3.47. The third-order valence-corrected chi connectivity index (χ3v) is 2.49. The SMILES string of the molecule is Cc1ccc2nc(C)[nH]c2c1.Cc1cnc(C)o1. The fraction of sp³-hybridized carbons (Fsp3) is 0.286. The Hall–Kier alpha value is -2.10. The van der Waals surface area contributed by atoms with Gasteiger partial charge in [-0.25, -0.2) is 9.97 Å². The van der Waals surface area contributed by atoms with Gasteiger partial charge in [-0.15, -0.1) is 0 Å². The number of fused-ring (bicyclic) bond motifs is 1. The highest BCUT2D eigenvalue weighted by atomic mass is 16.3. The van der Waals surface area contributed by atoms with Gasteiger partial charge in [0.2, 0.25) is 0 Å². The third-order valence-electron chi connectivity index (χ3n) is 2.49. The summed E-state index contributed by atoms with van der Waals surface area (Å²) in [5, 5.41) is 0. The average molecular weight is 243 g/mol. The van der Waals surface area contributed by atoms with Crippen molar-refractivity contribution in [2.45, 2.75) is 27.7 Å². The van der Waals surface area contributed by atoms with Gasteiger partial charge in [-0.05, 0) is 38.5 Å². The highest BCUT2D eigenvalue weighted by Gasteiger charge is 1.96. The first kappa shape index (κ1) is 12.4. The maximum absolute atomic E-state index is 4.97. The van der Waals surface area contributed by atoms with E-state index in [1.165, 1.54) is 5.56 Å². The van der Waals surface area contributed by atoms with E-state index in [0.29, 0.717) is 0 Å². The van der Waals surface area contributed by atoms with Gasteiger partial charge in [0.15, 0.2) is 5.89 Å². The van der Waals surface area contributed by atoms with E-state index in [1.807, 2.05) is 26.8 Å². The largest absolute Gasteiger partial charge is 0.446 e. The maximum Gasteiger partial charge on any atom is 0.191 e. The van der Waals surface area contributed by atoms with E-state index in [4.69, 9.17) is 4.42 Å². The van der Waals surface area contributed by atoms with Gasteiger partial charge < -0.3 is 9.40 Å². The van der Waals surface area contributed by atoms with Gasteiger partial charge in [-0.3, -0.25) is 0 Å². The number of benzene rings is 1. The minimum Gasteiger partial charge on any atom is -0.446 e. The molecule has 4 nitrogen and oxygen atoms in total. The average Bonchev–Trinajstić information content (AvgIpc) is 2.83. The summed E-state index contributed by atoms with van der Waals surface area (Å²) >= 11 is 0. The summed E-state index contributed by atoms with van der Waals surface area (Å²) in [6.07, 6.45) is 1.70. The summed E-state index contributed by atoms with van der Waals surface area (Å²) in [6, 6.07) is 6.21. The molecule has 1 aromatic carbocycles. The van der Waals surface area contributed by atoms with Crippen molar-refractivity contribution in [3.8, 4) is 0 Å². The van der Waals surface area contributed by atoms with Gasteiger partial charge in [0.05, 0.1) is 17.2 Å². The molecule has 4 heteroatoms. The molecule has 0 atom stereocenters. The zero-order chi connectivity index (χ0) is 13.1. The van der Waals surface area contributed by atoms with E-state index in [0.717, 1.165) is 28.5 Å². The molecular formula is C14H17N3O. The molecule has 0 saturated heterocycles. The quantitative estimate of drug-likeness (QED) is 0.657. The summed E-state index contributed by atoms with van der Waals surface area (Å²) in [5.41, 5.74) is 3.44. The van der Waals surface area contributed by atoms with Crippen LogP contribution in [0.1, 0.15) is 23.0 Å². The minimum atomic E-state index is 0.734. The van der Waals surface area contributed by atoms with E-state index < -0.39 is 0 Å². The van der Waals surface area contributed by atoms with Crippen LogP contribution in [-0.2, 0) is 0 Å². The highest BCUT2D eigenvalue weighted by molar-refractivity contribution is 5.75. The zero-order valence-corrected chi connectivity index (χ0v) is 11.1. The van der Waals surface area contributed by atoms with E-state index in [9.17, 15) is 0 Å². The molecule has 0 aliphatic rings. The second-order valence-corrected chi connectivity index (χ2v) is 4.33. The van der Waals surface area contributed by atoms with Crippen molar-refractivity contribution in [3.63, 3.8) is 0 Å². The number of hydrogen-bond donors (Lipinski definition) is 1. The summed E-state index contributed by atoms with van der Waals surface area (Å²) in [7, 11) is 0. The van der Waals surface area contributed by atoms with Gasteiger partial charge in [0.25, 0.3) is 0 Å². The lowest BCUT2D eigenvalue weighted by atomic mass is 10.2. The molecule has 0 spiro atoms. The molecule has 18 heavy (non-hydrogen) atoms. The molecule has 0 unspecified atom stereocenters. The van der Waals surface area contributed by atoms with Crippen LogP contribution in [0.5, 0.6) is 0 Å². The number of nitrogens with zero attached hydrogens (tertiary/aromatic N) is 2. The number of oxazole rings is 1. The lowest BCUT2D eigenvalue weighted by Gasteiger charge is -1.89. The Morgan fingerprint density at radius 1 is 1.11 bits per heavy atom. The van der Waals surface area contributed by atoms with Crippen LogP contribution in [0, 0.1) is 27.7 Å². The molecular weight excluding hydrogens is 226 g/mol. The molecule has 0 radical (unpaired) electrons. The smallest absolute Gasteiger partial charge is 0.191 e. The van der Waals surface area contributed by atoms with Crippen molar-refractivity contribution in [1.82, 2.24) is 15.0 Å². The first-order chi connectivity index (χ1) is 8.54. The molecule has 0 aliphatic carbocycles. The Morgan fingerprint density at radius 3 is 2.44 bits per heavy atom. The lowest BCUT2D eigenvalue weighted by Crippen LogP contribution is -1.71. The second-order valence-electron chi connectivity index (χ2n) is 4.33. The van der Waals surface area contributed by atoms with Gasteiger partial charge in [0.1, 0.15) is 11.6 Å². The Labute approximate surface area is 106 Å². The Bertz CT molecular complexity index is 635. The highest BCUT2D eigenvalue weighted by Crippen LogP contribution is 2.12. The van der Waals surface area contributed by atoms with Gasteiger partial charge in [0, 0.05) is 6.92 Å². The zero-order valence-electron chi connectivity index (χ0n) is 11.1. The molecule has 0 bridgehead atoms. The third kappa shape index (κ3) is 2.97. The fourth-order valence-electron chi connectivity index (χ4n) is 1.72. The Balaban J connectivity index is 0.000000149. The Morgan fingerprint density at radius 2 is 1.89 bits per heavy atom. The van der Waals surface area contributed by atoms with Crippen molar-refractivity contribution >= 4 is 11.0 Å². The fourth-order valence-corrected chi connectivity index (χ4v) is 1.72. The number of nitrogens with one attached hydrogen (secondary N) is 1. The van der Waals surface area contributed by atoms with Crippen molar-refractivity contribution in [2.75, 3.05) is 0 Å². The number of rotatable bonds is 0. The molecule has 0 amide bonds. The van der Waals surface area contributed by atoms with E-state index >= 15 is 0 Å². The van der Waals surface area contributed by atoms with Crippen LogP contribution in [0.15, 0.2) is 28.8 Å². The lowest BCUT2D eigenvalue weighted by molar-refractivity contribution is 0.494. The second kappa shape index (κ2) is 5.04. The number of aromatic amines is 1. The summed E-state index contributed by atoms with van der Waals surface area (Å²) < 4.78 is 4.97. The monoisotopic (exact) mass is 243 g/mol. The van der Waals surface area contributed by atoms with Gasteiger partial charge in [-0.1, -0.05) is 6.07 Å². The van der Waals surface area contributed by atoms with Crippen LogP contribution in [0.3, 0.4) is 0 Å². The first-order valence-corrected chi connectivity index (χ1v) is 5.86. The topological polar surface area (TPSA) is 54.7 Å². The minimum absolute atomic E-state index is 0.734. The van der Waals surface area contributed by atoms with Gasteiger partial charge in [-0.2, -0.15) is 0 Å². The summed E-state index contributed by atoms with van der Waals surface area (Å²) in [6.45, 7) is 7.75. The molecule has 2 aromatic heterocycles. The number of aryl methyl sites for hydroxylation is 4. The molecule has 0 aliphatic heterocycles. The molecule has 0 fully saturated rings. The molecule has 1 N–H and O–H groups in total. The Kier molecular flexibility index (Phi) is 3.46. The van der Waals surface area contributed by atoms with Crippen molar-refractivity contribution in [2.24, 2.45) is 0 Å². The molecule has 2 heterocycles. The van der Waals surface area contributed by atoms with E-state index in [2.05, 4.69) is 34.0 Å². The van der Waals surface area contributed by atoms with Crippen LogP contribution < -0.4 is 0 Å². The van der Waals surface area contributed by atoms with E-state index in [1.54, 1.807) is 6.20 Å². The molecule has 0 saturated carbocycles. The van der Waals surface area contributed by atoms with Crippen LogP contribution in [0.2, 0.25) is 0 Å². The van der Waals surface area contributed by atoms with Crippen molar-refractivity contribution < 1.29 is 4.42 Å². The molecule has 3 aromatic rings.